The zero-order valence-corrected chi connectivity index (χ0v) is 15.9. The van der Waals surface area contributed by atoms with E-state index in [4.69, 9.17) is 23.2 Å². The molecule has 0 radical (unpaired) electrons. The molecule has 1 unspecified atom stereocenters. The smallest absolute Gasteiger partial charge is 0.147 e. The maximum atomic E-state index is 13.2. The molecule has 0 fully saturated rings. The topological polar surface area (TPSA) is 58.0 Å². The van der Waals surface area contributed by atoms with Gasteiger partial charge in [0.25, 0.3) is 0 Å². The van der Waals surface area contributed by atoms with Crippen LogP contribution in [0.2, 0.25) is 10.0 Å². The number of phenolic OH excluding ortho intramolecular Hbond substituents is 1. The van der Waals surface area contributed by atoms with Crippen molar-refractivity contribution in [3.8, 4) is 5.75 Å². The van der Waals surface area contributed by atoms with Gasteiger partial charge in [-0.05, 0) is 42.0 Å². The predicted octanol–water partition coefficient (Wildman–Crippen LogP) is 5.98. The maximum absolute atomic E-state index is 13.2. The predicted molar refractivity (Wildman–Crippen MR) is 110 cm³/mol. The zero-order valence-electron chi connectivity index (χ0n) is 14.4. The van der Waals surface area contributed by atoms with Crippen molar-refractivity contribution < 1.29 is 9.50 Å². The molecule has 0 aliphatic heterocycles. The summed E-state index contributed by atoms with van der Waals surface area (Å²) in [5.41, 5.74) is 1.66. The van der Waals surface area contributed by atoms with Crippen molar-refractivity contribution in [3.05, 3.63) is 94.0 Å². The second kappa shape index (κ2) is 7.62. The highest BCUT2D eigenvalue weighted by Crippen LogP contribution is 2.39. The lowest BCUT2D eigenvalue weighted by atomic mass is 9.96. The molecule has 0 aliphatic carbocycles. The van der Waals surface area contributed by atoms with Crippen molar-refractivity contribution >= 4 is 39.9 Å². The maximum Gasteiger partial charge on any atom is 0.147 e. The fourth-order valence-corrected chi connectivity index (χ4v) is 3.45. The molecule has 0 spiro atoms. The van der Waals surface area contributed by atoms with Crippen LogP contribution in [0.15, 0.2) is 67.0 Å². The van der Waals surface area contributed by atoms with Gasteiger partial charge in [0.1, 0.15) is 22.9 Å². The van der Waals surface area contributed by atoms with Crippen molar-refractivity contribution in [2.75, 3.05) is 5.32 Å². The van der Waals surface area contributed by atoms with E-state index in [0.717, 1.165) is 11.6 Å². The summed E-state index contributed by atoms with van der Waals surface area (Å²) in [6.45, 7) is 0. The van der Waals surface area contributed by atoms with E-state index in [1.165, 1.54) is 12.1 Å². The van der Waals surface area contributed by atoms with E-state index >= 15 is 0 Å². The van der Waals surface area contributed by atoms with Gasteiger partial charge in [-0.2, -0.15) is 0 Å². The van der Waals surface area contributed by atoms with Gasteiger partial charge in [0.05, 0.1) is 12.2 Å². The summed E-state index contributed by atoms with van der Waals surface area (Å²) in [4.78, 5) is 8.33. The van der Waals surface area contributed by atoms with Crippen LogP contribution in [-0.2, 0) is 0 Å². The summed E-state index contributed by atoms with van der Waals surface area (Å²) >= 11 is 12.6. The molecule has 2 aromatic carbocycles. The Balaban J connectivity index is 1.88. The van der Waals surface area contributed by atoms with E-state index in [0.29, 0.717) is 32.5 Å². The van der Waals surface area contributed by atoms with Gasteiger partial charge in [-0.1, -0.05) is 41.4 Å². The number of hydrogen-bond donors (Lipinski definition) is 2. The van der Waals surface area contributed by atoms with Gasteiger partial charge in [0, 0.05) is 27.2 Å². The third kappa shape index (κ3) is 3.59. The molecule has 0 aliphatic rings. The molecule has 0 saturated heterocycles. The van der Waals surface area contributed by atoms with E-state index in [1.807, 2.05) is 12.1 Å². The largest absolute Gasteiger partial charge is 0.505 e. The van der Waals surface area contributed by atoms with Crippen molar-refractivity contribution in [2.24, 2.45) is 0 Å². The Morgan fingerprint density at radius 2 is 1.82 bits per heavy atom. The standard InChI is InChI=1S/C21H14Cl2FN3O/c22-13-4-7-17(23)16(10-13)20(27-18-8-5-14(24)11-26-18)15-6-3-12-2-1-9-25-19(12)21(15)28/h1-11,20,28H,(H,26,27). The van der Waals surface area contributed by atoms with Crippen molar-refractivity contribution in [3.63, 3.8) is 0 Å². The highest BCUT2D eigenvalue weighted by atomic mass is 35.5. The Labute approximate surface area is 170 Å². The summed E-state index contributed by atoms with van der Waals surface area (Å²) in [7, 11) is 0. The number of nitrogens with one attached hydrogen (secondary N) is 1. The number of aromatic hydroxyl groups is 1. The average Bonchev–Trinajstić information content (AvgIpc) is 2.70. The van der Waals surface area contributed by atoms with Crippen LogP contribution in [0, 0.1) is 5.82 Å². The second-order valence-corrected chi connectivity index (χ2v) is 7.03. The number of phenols is 1. The second-order valence-electron chi connectivity index (χ2n) is 6.18. The minimum Gasteiger partial charge on any atom is -0.505 e. The third-order valence-corrected chi connectivity index (χ3v) is 4.96. The van der Waals surface area contributed by atoms with Crippen molar-refractivity contribution in [2.45, 2.75) is 6.04 Å². The van der Waals surface area contributed by atoms with Gasteiger partial charge in [-0.3, -0.25) is 4.98 Å². The van der Waals surface area contributed by atoms with Gasteiger partial charge >= 0.3 is 0 Å². The van der Waals surface area contributed by atoms with Crippen LogP contribution in [0.4, 0.5) is 10.2 Å². The van der Waals surface area contributed by atoms with Crippen LogP contribution in [0.1, 0.15) is 17.2 Å². The lowest BCUT2D eigenvalue weighted by Crippen LogP contribution is -2.14. The molecule has 4 nitrogen and oxygen atoms in total. The lowest BCUT2D eigenvalue weighted by Gasteiger charge is -2.23. The number of rotatable bonds is 4. The van der Waals surface area contributed by atoms with Crippen LogP contribution in [0.25, 0.3) is 10.9 Å². The third-order valence-electron chi connectivity index (χ3n) is 4.38. The molecule has 4 aromatic rings. The molecule has 140 valence electrons. The van der Waals surface area contributed by atoms with Crippen molar-refractivity contribution in [1.82, 2.24) is 9.97 Å². The number of hydrogen-bond acceptors (Lipinski definition) is 4. The molecule has 2 aromatic heterocycles. The summed E-state index contributed by atoms with van der Waals surface area (Å²) < 4.78 is 13.2. The molecule has 4 rings (SSSR count). The fraction of sp³-hybridized carbons (Fsp3) is 0.0476. The highest BCUT2D eigenvalue weighted by molar-refractivity contribution is 6.33. The van der Waals surface area contributed by atoms with E-state index in [2.05, 4.69) is 15.3 Å². The van der Waals surface area contributed by atoms with Crippen LogP contribution in [0.5, 0.6) is 5.75 Å². The van der Waals surface area contributed by atoms with E-state index in [1.54, 1.807) is 36.5 Å². The number of benzene rings is 2. The zero-order chi connectivity index (χ0) is 19.7. The summed E-state index contributed by atoms with van der Waals surface area (Å²) in [6, 6.07) is 14.6. The number of halogens is 3. The first-order chi connectivity index (χ1) is 13.5. The van der Waals surface area contributed by atoms with Crippen molar-refractivity contribution in [1.29, 1.82) is 0 Å². The SMILES string of the molecule is Oc1c(C(Nc2ccc(F)cn2)c2cc(Cl)ccc2Cl)ccc2cccnc12. The summed E-state index contributed by atoms with van der Waals surface area (Å²) in [5.74, 6) is -0.00245. The average molecular weight is 414 g/mol. The first kappa shape index (κ1) is 18.5. The van der Waals surface area contributed by atoms with Gasteiger partial charge in [-0.15, -0.1) is 0 Å². The monoisotopic (exact) mass is 413 g/mol. The van der Waals surface area contributed by atoms with Crippen LogP contribution in [0.3, 0.4) is 0 Å². The van der Waals surface area contributed by atoms with Crippen LogP contribution in [-0.4, -0.2) is 15.1 Å². The van der Waals surface area contributed by atoms with Gasteiger partial charge in [0.2, 0.25) is 0 Å². The van der Waals surface area contributed by atoms with Gasteiger partial charge < -0.3 is 10.4 Å². The summed E-state index contributed by atoms with van der Waals surface area (Å²) in [6.07, 6.45) is 2.73. The van der Waals surface area contributed by atoms with Gasteiger partial charge in [-0.25, -0.2) is 9.37 Å². The number of aromatic nitrogens is 2. The first-order valence-corrected chi connectivity index (χ1v) is 9.18. The number of anilines is 1. The molecular weight excluding hydrogens is 400 g/mol. The molecule has 2 N–H and O–H groups in total. The van der Waals surface area contributed by atoms with E-state index in [-0.39, 0.29) is 5.75 Å². The quantitative estimate of drug-likeness (QED) is 0.431. The Hall–Kier alpha value is -2.89. The summed E-state index contributed by atoms with van der Waals surface area (Å²) in [5, 5.41) is 15.9. The van der Waals surface area contributed by atoms with Crippen LogP contribution >= 0.6 is 23.2 Å². The number of pyridine rings is 2. The molecule has 0 amide bonds. The Kier molecular flexibility index (Phi) is 5.03. The normalized spacial score (nSPS) is 12.1. The lowest BCUT2D eigenvalue weighted by molar-refractivity contribution is 0.471. The molecule has 28 heavy (non-hydrogen) atoms. The Morgan fingerprint density at radius 3 is 2.61 bits per heavy atom. The van der Waals surface area contributed by atoms with E-state index < -0.39 is 11.9 Å². The number of fused-ring (bicyclic) bond motifs is 1. The minimum atomic E-state index is -0.587. The Morgan fingerprint density at radius 1 is 0.964 bits per heavy atom. The van der Waals surface area contributed by atoms with Gasteiger partial charge in [0.15, 0.2) is 0 Å². The minimum absolute atomic E-state index is 0.0220. The highest BCUT2D eigenvalue weighted by Gasteiger charge is 2.23. The molecule has 7 heteroatoms. The molecule has 2 heterocycles. The molecular formula is C21H14Cl2FN3O. The Bertz CT molecular complexity index is 1150. The molecule has 1 atom stereocenters. The number of nitrogens with zero attached hydrogens (tertiary/aromatic N) is 2. The van der Waals surface area contributed by atoms with Crippen LogP contribution < -0.4 is 5.32 Å². The fourth-order valence-electron chi connectivity index (χ4n) is 3.05. The van der Waals surface area contributed by atoms with E-state index in [9.17, 15) is 9.50 Å². The molecule has 0 saturated carbocycles. The first-order valence-electron chi connectivity index (χ1n) is 8.42. The molecule has 0 bridgehead atoms.